The van der Waals surface area contributed by atoms with Crippen LogP contribution in [0.2, 0.25) is 0 Å². The summed E-state index contributed by atoms with van der Waals surface area (Å²) in [5.74, 6) is -0.724. The van der Waals surface area contributed by atoms with Crippen molar-refractivity contribution in [2.45, 2.75) is 0 Å². The first kappa shape index (κ1) is 15.5. The van der Waals surface area contributed by atoms with Crippen molar-refractivity contribution in [1.29, 1.82) is 0 Å². The number of benzene rings is 2. The summed E-state index contributed by atoms with van der Waals surface area (Å²) >= 11 is 0. The Balaban J connectivity index is 2.00. The Labute approximate surface area is 137 Å². The molecule has 120 valence electrons. The minimum absolute atomic E-state index is 0.0843. The molecule has 6 nitrogen and oxygen atoms in total. The summed E-state index contributed by atoms with van der Waals surface area (Å²) in [6.07, 6.45) is 1.58. The van der Waals surface area contributed by atoms with Crippen LogP contribution in [0.25, 0.3) is 10.9 Å². The molecule has 0 bridgehead atoms. The second-order valence-corrected chi connectivity index (χ2v) is 5.05. The molecule has 0 aliphatic rings. The third kappa shape index (κ3) is 2.89. The van der Waals surface area contributed by atoms with Gasteiger partial charge in [0.15, 0.2) is 0 Å². The van der Waals surface area contributed by atoms with Crippen molar-refractivity contribution in [1.82, 2.24) is 4.98 Å². The summed E-state index contributed by atoms with van der Waals surface area (Å²) in [6.45, 7) is 0. The standard InChI is InChI=1S/C18H14N2O4/c1-24-18(23)14-8-9-15(16-13(14)3-2-10-19-16)20-17(22)11-4-6-12(21)7-5-11/h2-10,21H,1H3,(H,20,22). The fraction of sp³-hybridized carbons (Fsp3) is 0.0556. The summed E-state index contributed by atoms with van der Waals surface area (Å²) in [7, 11) is 1.31. The first-order valence-corrected chi connectivity index (χ1v) is 7.16. The number of carbonyl (C=O) groups excluding carboxylic acids is 2. The quantitative estimate of drug-likeness (QED) is 0.724. The van der Waals surface area contributed by atoms with E-state index in [1.807, 2.05) is 0 Å². The van der Waals surface area contributed by atoms with E-state index in [9.17, 15) is 14.7 Å². The van der Waals surface area contributed by atoms with Gasteiger partial charge in [0.2, 0.25) is 0 Å². The number of hydrogen-bond donors (Lipinski definition) is 2. The number of carbonyl (C=O) groups is 2. The van der Waals surface area contributed by atoms with E-state index < -0.39 is 5.97 Å². The van der Waals surface area contributed by atoms with Crippen LogP contribution in [-0.2, 0) is 4.74 Å². The maximum Gasteiger partial charge on any atom is 0.338 e. The first-order chi connectivity index (χ1) is 11.6. The molecule has 1 heterocycles. The van der Waals surface area contributed by atoms with E-state index in [0.717, 1.165) is 0 Å². The van der Waals surface area contributed by atoms with Crippen molar-refractivity contribution in [3.8, 4) is 5.75 Å². The highest BCUT2D eigenvalue weighted by Crippen LogP contribution is 2.26. The monoisotopic (exact) mass is 322 g/mol. The molecule has 2 aromatic carbocycles. The molecule has 2 N–H and O–H groups in total. The number of nitrogens with zero attached hydrogens (tertiary/aromatic N) is 1. The maximum atomic E-state index is 12.3. The Morgan fingerprint density at radius 3 is 2.54 bits per heavy atom. The molecule has 0 atom stereocenters. The predicted molar refractivity (Wildman–Crippen MR) is 89.1 cm³/mol. The third-order valence-corrected chi connectivity index (χ3v) is 3.55. The van der Waals surface area contributed by atoms with Gasteiger partial charge in [0, 0.05) is 17.1 Å². The summed E-state index contributed by atoms with van der Waals surface area (Å²) < 4.78 is 4.77. The SMILES string of the molecule is COC(=O)c1ccc(NC(=O)c2ccc(O)cc2)c2ncccc12. The lowest BCUT2D eigenvalue weighted by Crippen LogP contribution is -2.13. The van der Waals surface area contributed by atoms with Gasteiger partial charge < -0.3 is 15.2 Å². The van der Waals surface area contributed by atoms with Crippen LogP contribution in [0.4, 0.5) is 5.69 Å². The van der Waals surface area contributed by atoms with Crippen molar-refractivity contribution in [3.63, 3.8) is 0 Å². The van der Waals surface area contributed by atoms with E-state index in [4.69, 9.17) is 4.74 Å². The molecule has 0 spiro atoms. The Morgan fingerprint density at radius 1 is 1.08 bits per heavy atom. The van der Waals surface area contributed by atoms with Crippen LogP contribution in [0.15, 0.2) is 54.7 Å². The van der Waals surface area contributed by atoms with Gasteiger partial charge in [-0.3, -0.25) is 9.78 Å². The molecule has 1 amide bonds. The lowest BCUT2D eigenvalue weighted by molar-refractivity contribution is 0.0603. The molecule has 24 heavy (non-hydrogen) atoms. The normalized spacial score (nSPS) is 10.4. The van der Waals surface area contributed by atoms with Crippen molar-refractivity contribution in [2.75, 3.05) is 12.4 Å². The number of esters is 1. The largest absolute Gasteiger partial charge is 0.508 e. The number of ether oxygens (including phenoxy) is 1. The topological polar surface area (TPSA) is 88.5 Å². The minimum atomic E-state index is -0.468. The highest BCUT2D eigenvalue weighted by molar-refractivity contribution is 6.12. The zero-order valence-corrected chi connectivity index (χ0v) is 12.8. The fourth-order valence-electron chi connectivity index (χ4n) is 2.37. The van der Waals surface area contributed by atoms with Gasteiger partial charge in [-0.2, -0.15) is 0 Å². The van der Waals surface area contributed by atoms with Crippen LogP contribution in [-0.4, -0.2) is 29.1 Å². The van der Waals surface area contributed by atoms with Gasteiger partial charge in [0.1, 0.15) is 5.75 Å². The van der Waals surface area contributed by atoms with Crippen molar-refractivity contribution in [2.24, 2.45) is 0 Å². The summed E-state index contributed by atoms with van der Waals surface area (Å²) in [4.78, 5) is 28.4. The van der Waals surface area contributed by atoms with E-state index >= 15 is 0 Å². The number of phenols is 1. The number of methoxy groups -OCH3 is 1. The molecule has 0 saturated carbocycles. The number of aromatic nitrogens is 1. The average Bonchev–Trinajstić information content (AvgIpc) is 2.62. The Morgan fingerprint density at radius 2 is 1.83 bits per heavy atom. The van der Waals surface area contributed by atoms with Crippen LogP contribution < -0.4 is 5.32 Å². The van der Waals surface area contributed by atoms with Gasteiger partial charge in [0.05, 0.1) is 23.9 Å². The van der Waals surface area contributed by atoms with Crippen LogP contribution in [0, 0.1) is 0 Å². The molecule has 3 rings (SSSR count). The van der Waals surface area contributed by atoms with E-state index in [2.05, 4.69) is 10.3 Å². The first-order valence-electron chi connectivity index (χ1n) is 7.16. The summed E-state index contributed by atoms with van der Waals surface area (Å²) in [6, 6.07) is 12.6. The maximum absolute atomic E-state index is 12.3. The molecular weight excluding hydrogens is 308 g/mol. The number of hydrogen-bond acceptors (Lipinski definition) is 5. The number of nitrogens with one attached hydrogen (secondary N) is 1. The Hall–Kier alpha value is -3.41. The van der Waals surface area contributed by atoms with E-state index in [1.54, 1.807) is 30.5 Å². The summed E-state index contributed by atoms with van der Waals surface area (Å²) in [5.41, 5.74) is 1.75. The molecule has 0 unspecified atom stereocenters. The van der Waals surface area contributed by atoms with E-state index in [0.29, 0.717) is 27.7 Å². The number of amides is 1. The second kappa shape index (κ2) is 6.37. The minimum Gasteiger partial charge on any atom is -0.508 e. The Bertz CT molecular complexity index is 920. The average molecular weight is 322 g/mol. The molecule has 3 aromatic rings. The fourth-order valence-corrected chi connectivity index (χ4v) is 2.37. The molecule has 0 aliphatic heterocycles. The smallest absolute Gasteiger partial charge is 0.338 e. The molecular formula is C18H14N2O4. The molecule has 1 aromatic heterocycles. The summed E-state index contributed by atoms with van der Waals surface area (Å²) in [5, 5.41) is 12.7. The predicted octanol–water partition coefficient (Wildman–Crippen LogP) is 2.98. The Kier molecular flexibility index (Phi) is 4.11. The third-order valence-electron chi connectivity index (χ3n) is 3.55. The number of aromatic hydroxyl groups is 1. The van der Waals surface area contributed by atoms with E-state index in [1.165, 1.54) is 31.4 Å². The van der Waals surface area contributed by atoms with Crippen LogP contribution in [0.1, 0.15) is 20.7 Å². The van der Waals surface area contributed by atoms with Crippen molar-refractivity contribution >= 4 is 28.5 Å². The highest BCUT2D eigenvalue weighted by Gasteiger charge is 2.15. The van der Waals surface area contributed by atoms with Gasteiger partial charge >= 0.3 is 5.97 Å². The number of pyridine rings is 1. The number of rotatable bonds is 3. The zero-order valence-electron chi connectivity index (χ0n) is 12.8. The number of fused-ring (bicyclic) bond motifs is 1. The van der Waals surface area contributed by atoms with Crippen LogP contribution in [0.5, 0.6) is 5.75 Å². The van der Waals surface area contributed by atoms with Crippen LogP contribution in [0.3, 0.4) is 0 Å². The van der Waals surface area contributed by atoms with Gasteiger partial charge in [-0.1, -0.05) is 6.07 Å². The lowest BCUT2D eigenvalue weighted by Gasteiger charge is -2.10. The van der Waals surface area contributed by atoms with Crippen molar-refractivity contribution in [3.05, 3.63) is 65.9 Å². The van der Waals surface area contributed by atoms with Gasteiger partial charge in [-0.15, -0.1) is 0 Å². The second-order valence-electron chi connectivity index (χ2n) is 5.05. The van der Waals surface area contributed by atoms with E-state index in [-0.39, 0.29) is 11.7 Å². The molecule has 0 radical (unpaired) electrons. The van der Waals surface area contributed by atoms with Gasteiger partial charge in [0.25, 0.3) is 5.91 Å². The zero-order chi connectivity index (χ0) is 17.1. The number of anilines is 1. The molecule has 0 fully saturated rings. The molecule has 0 aliphatic carbocycles. The number of phenolic OH excluding ortho intramolecular Hbond substituents is 1. The molecule has 6 heteroatoms. The lowest BCUT2D eigenvalue weighted by atomic mass is 10.1. The van der Waals surface area contributed by atoms with Crippen molar-refractivity contribution < 1.29 is 19.4 Å². The van der Waals surface area contributed by atoms with Crippen LogP contribution >= 0.6 is 0 Å². The van der Waals surface area contributed by atoms with Gasteiger partial charge in [-0.25, -0.2) is 4.79 Å². The van der Waals surface area contributed by atoms with Gasteiger partial charge in [-0.05, 0) is 42.5 Å². The highest BCUT2D eigenvalue weighted by atomic mass is 16.5. The molecule has 0 saturated heterocycles.